The number of aromatic nitrogens is 2. The van der Waals surface area contributed by atoms with E-state index in [1.165, 1.54) is 12.8 Å². The number of rotatable bonds is 5. The third kappa shape index (κ3) is 3.15. The minimum Gasteiger partial charge on any atom is -0.367 e. The summed E-state index contributed by atoms with van der Waals surface area (Å²) in [5, 5.41) is 4.15. The molecule has 0 aliphatic heterocycles. The van der Waals surface area contributed by atoms with Crippen molar-refractivity contribution in [3.8, 4) is 0 Å². The number of nitrogens with two attached hydrogens (primary N) is 1. The summed E-state index contributed by atoms with van der Waals surface area (Å²) in [6.45, 7) is 4.70. The highest BCUT2D eigenvalue weighted by Crippen LogP contribution is 2.38. The van der Waals surface area contributed by atoms with Gasteiger partial charge in [0.15, 0.2) is 0 Å². The number of ether oxygens (including phenoxy) is 1. The summed E-state index contributed by atoms with van der Waals surface area (Å²) in [6.07, 6.45) is 7.57. The first kappa shape index (κ1) is 14.5. The SMILES string of the molecule is CCOC1(c2noc([C@H](N)CC)n2)CCCCCC1. The molecule has 1 aromatic heterocycles. The Morgan fingerprint density at radius 3 is 2.53 bits per heavy atom. The van der Waals surface area contributed by atoms with E-state index in [-0.39, 0.29) is 11.6 Å². The molecule has 0 radical (unpaired) electrons. The summed E-state index contributed by atoms with van der Waals surface area (Å²) in [7, 11) is 0. The zero-order chi connectivity index (χ0) is 13.7. The van der Waals surface area contributed by atoms with Gasteiger partial charge in [-0.15, -0.1) is 0 Å². The topological polar surface area (TPSA) is 74.2 Å². The largest absolute Gasteiger partial charge is 0.367 e. The molecule has 2 N–H and O–H groups in total. The quantitative estimate of drug-likeness (QED) is 0.830. The van der Waals surface area contributed by atoms with Crippen LogP contribution in [0.3, 0.4) is 0 Å². The van der Waals surface area contributed by atoms with E-state index in [4.69, 9.17) is 15.0 Å². The molecule has 1 fully saturated rings. The predicted octanol–water partition coefficient (Wildman–Crippen LogP) is 3.07. The van der Waals surface area contributed by atoms with Crippen LogP contribution in [0.15, 0.2) is 4.52 Å². The van der Waals surface area contributed by atoms with Gasteiger partial charge in [0.05, 0.1) is 6.04 Å². The third-order valence-electron chi connectivity index (χ3n) is 3.94. The van der Waals surface area contributed by atoms with Crippen LogP contribution in [-0.4, -0.2) is 16.7 Å². The number of hydrogen-bond acceptors (Lipinski definition) is 5. The Bertz CT molecular complexity index is 384. The van der Waals surface area contributed by atoms with Crippen LogP contribution in [-0.2, 0) is 10.3 Å². The van der Waals surface area contributed by atoms with Gasteiger partial charge in [-0.3, -0.25) is 0 Å². The molecule has 0 amide bonds. The zero-order valence-corrected chi connectivity index (χ0v) is 12.0. The van der Waals surface area contributed by atoms with Crippen molar-refractivity contribution in [3.05, 3.63) is 11.7 Å². The van der Waals surface area contributed by atoms with Gasteiger partial charge in [0, 0.05) is 6.61 Å². The molecule has 0 unspecified atom stereocenters. The van der Waals surface area contributed by atoms with E-state index in [0.717, 1.165) is 32.1 Å². The van der Waals surface area contributed by atoms with Crippen LogP contribution in [0.1, 0.15) is 76.6 Å². The fraction of sp³-hybridized carbons (Fsp3) is 0.857. The monoisotopic (exact) mass is 267 g/mol. The van der Waals surface area contributed by atoms with Gasteiger partial charge in [0.1, 0.15) is 5.60 Å². The average Bonchev–Trinajstić information content (AvgIpc) is 2.81. The van der Waals surface area contributed by atoms with Crippen LogP contribution in [0.4, 0.5) is 0 Å². The molecule has 19 heavy (non-hydrogen) atoms. The summed E-state index contributed by atoms with van der Waals surface area (Å²) < 4.78 is 11.4. The molecule has 1 aliphatic rings. The first-order valence-electron chi connectivity index (χ1n) is 7.45. The number of nitrogens with zero attached hydrogens (tertiary/aromatic N) is 2. The fourth-order valence-electron chi connectivity index (χ4n) is 2.75. The summed E-state index contributed by atoms with van der Waals surface area (Å²) >= 11 is 0. The van der Waals surface area contributed by atoms with E-state index in [1.807, 2.05) is 13.8 Å². The molecule has 1 aromatic rings. The molecule has 5 nitrogen and oxygen atoms in total. The van der Waals surface area contributed by atoms with Crippen LogP contribution in [0.2, 0.25) is 0 Å². The van der Waals surface area contributed by atoms with Crippen LogP contribution in [0.25, 0.3) is 0 Å². The Hall–Kier alpha value is -0.940. The lowest BCUT2D eigenvalue weighted by Gasteiger charge is -2.29. The second-order valence-corrected chi connectivity index (χ2v) is 5.31. The Labute approximate surface area is 114 Å². The van der Waals surface area contributed by atoms with E-state index in [0.29, 0.717) is 18.3 Å². The Morgan fingerprint density at radius 1 is 1.26 bits per heavy atom. The molecule has 1 saturated carbocycles. The Balaban J connectivity index is 2.24. The summed E-state index contributed by atoms with van der Waals surface area (Å²) in [6, 6.07) is -0.175. The third-order valence-corrected chi connectivity index (χ3v) is 3.94. The normalized spacial score (nSPS) is 21.0. The molecule has 0 bridgehead atoms. The molecular formula is C14H25N3O2. The summed E-state index contributed by atoms with van der Waals surface area (Å²) in [5.41, 5.74) is 5.59. The van der Waals surface area contributed by atoms with Crippen molar-refractivity contribution in [2.24, 2.45) is 5.73 Å². The van der Waals surface area contributed by atoms with Crippen molar-refractivity contribution in [2.75, 3.05) is 6.61 Å². The van der Waals surface area contributed by atoms with Gasteiger partial charge in [-0.2, -0.15) is 4.98 Å². The maximum atomic E-state index is 6.04. The van der Waals surface area contributed by atoms with Gasteiger partial charge in [-0.25, -0.2) is 0 Å². The molecule has 5 heteroatoms. The molecule has 1 aliphatic carbocycles. The molecule has 1 heterocycles. The summed E-state index contributed by atoms with van der Waals surface area (Å²) in [5.74, 6) is 1.22. The van der Waals surface area contributed by atoms with Crippen LogP contribution in [0, 0.1) is 0 Å². The van der Waals surface area contributed by atoms with Crippen molar-refractivity contribution in [3.63, 3.8) is 0 Å². The minimum absolute atomic E-state index is 0.175. The van der Waals surface area contributed by atoms with E-state index >= 15 is 0 Å². The van der Waals surface area contributed by atoms with E-state index in [1.54, 1.807) is 0 Å². The maximum Gasteiger partial charge on any atom is 0.243 e. The molecule has 0 aromatic carbocycles. The van der Waals surface area contributed by atoms with Gasteiger partial charge in [0.2, 0.25) is 11.7 Å². The van der Waals surface area contributed by atoms with Gasteiger partial charge in [-0.05, 0) is 26.2 Å². The van der Waals surface area contributed by atoms with E-state index in [2.05, 4.69) is 10.1 Å². The summed E-state index contributed by atoms with van der Waals surface area (Å²) in [4.78, 5) is 4.51. The Kier molecular flexibility index (Phi) is 4.93. The van der Waals surface area contributed by atoms with Crippen molar-refractivity contribution >= 4 is 0 Å². The van der Waals surface area contributed by atoms with Crippen molar-refractivity contribution in [1.82, 2.24) is 10.1 Å². The Morgan fingerprint density at radius 2 is 1.95 bits per heavy atom. The lowest BCUT2D eigenvalue weighted by atomic mass is 9.93. The first-order valence-corrected chi connectivity index (χ1v) is 7.45. The van der Waals surface area contributed by atoms with Crippen molar-refractivity contribution < 1.29 is 9.26 Å². The standard InChI is InChI=1S/C14H25N3O2/c1-3-11(15)12-16-13(17-19-12)14(18-4-2)9-7-5-6-8-10-14/h11H,3-10,15H2,1-2H3/t11-/m1/s1. The molecule has 108 valence electrons. The molecular weight excluding hydrogens is 242 g/mol. The highest BCUT2D eigenvalue weighted by atomic mass is 16.5. The predicted molar refractivity (Wildman–Crippen MR) is 72.5 cm³/mol. The number of hydrogen-bond donors (Lipinski definition) is 1. The first-order chi connectivity index (χ1) is 9.22. The van der Waals surface area contributed by atoms with Gasteiger partial charge in [0.25, 0.3) is 0 Å². The lowest BCUT2D eigenvalue weighted by molar-refractivity contribution is -0.0636. The minimum atomic E-state index is -0.361. The zero-order valence-electron chi connectivity index (χ0n) is 12.0. The average molecular weight is 267 g/mol. The van der Waals surface area contributed by atoms with E-state index in [9.17, 15) is 0 Å². The van der Waals surface area contributed by atoms with Crippen LogP contribution in [0.5, 0.6) is 0 Å². The molecule has 0 saturated heterocycles. The maximum absolute atomic E-state index is 6.04. The smallest absolute Gasteiger partial charge is 0.243 e. The van der Waals surface area contributed by atoms with Gasteiger partial charge < -0.3 is 15.0 Å². The lowest BCUT2D eigenvalue weighted by Crippen LogP contribution is -2.31. The van der Waals surface area contributed by atoms with Crippen LogP contribution >= 0.6 is 0 Å². The second-order valence-electron chi connectivity index (χ2n) is 5.31. The van der Waals surface area contributed by atoms with Crippen LogP contribution < -0.4 is 5.73 Å². The van der Waals surface area contributed by atoms with Crippen molar-refractivity contribution in [1.29, 1.82) is 0 Å². The second kappa shape index (κ2) is 6.48. The molecule has 0 spiro atoms. The highest BCUT2D eigenvalue weighted by Gasteiger charge is 2.38. The van der Waals surface area contributed by atoms with Gasteiger partial charge in [-0.1, -0.05) is 37.8 Å². The fourth-order valence-corrected chi connectivity index (χ4v) is 2.75. The highest BCUT2D eigenvalue weighted by molar-refractivity contribution is 5.04. The van der Waals surface area contributed by atoms with Crippen molar-refractivity contribution in [2.45, 2.75) is 70.4 Å². The van der Waals surface area contributed by atoms with Gasteiger partial charge >= 0.3 is 0 Å². The molecule has 1 atom stereocenters. The molecule has 2 rings (SSSR count). The van der Waals surface area contributed by atoms with E-state index < -0.39 is 0 Å².